The molecule has 0 saturated heterocycles. The van der Waals surface area contributed by atoms with Crippen LogP contribution in [0.4, 0.5) is 26.3 Å². The Morgan fingerprint density at radius 2 is 1.62 bits per heavy atom. The van der Waals surface area contributed by atoms with Crippen LogP contribution in [0, 0.1) is 13.0 Å². The fraction of sp³-hybridized carbons (Fsp3) is 0.259. The zero-order valence-corrected chi connectivity index (χ0v) is 23.5. The summed E-state index contributed by atoms with van der Waals surface area (Å²) in [6.07, 6.45) is -7.64. The van der Waals surface area contributed by atoms with Gasteiger partial charge in [0, 0.05) is 38.1 Å². The molecule has 0 amide bonds. The number of aliphatic hydroxyl groups is 2. The summed E-state index contributed by atoms with van der Waals surface area (Å²) in [4.78, 5) is 14.1. The molecular weight excluding hydrogens is 709 g/mol. The molecule has 0 aliphatic heterocycles. The number of aromatic nitrogens is 1. The van der Waals surface area contributed by atoms with Crippen molar-refractivity contribution in [3.8, 4) is 28.1 Å². The van der Waals surface area contributed by atoms with E-state index in [1.54, 1.807) is 0 Å². The number of carbonyl (C=O) groups excluding carboxylic acids is 1. The van der Waals surface area contributed by atoms with Gasteiger partial charge in [-0.05, 0) is 61.4 Å². The SMILES string of the molecule is CC(=O)/C=C(/C)O.COc1c[c-]c(-c2cc(CO)ccn2)c(-c2c(C(F)(F)F)cc(C)cc2C(F)(F)F)c1.[Ir]. The van der Waals surface area contributed by atoms with E-state index in [0.717, 1.165) is 6.07 Å². The summed E-state index contributed by atoms with van der Waals surface area (Å²) in [7, 11) is 1.24. The minimum absolute atomic E-state index is 0. The predicted octanol–water partition coefficient (Wildman–Crippen LogP) is 7.10. The van der Waals surface area contributed by atoms with Crippen LogP contribution < -0.4 is 4.74 Å². The minimum atomic E-state index is -5.05. The maximum atomic E-state index is 13.9. The van der Waals surface area contributed by atoms with Crippen molar-refractivity contribution < 1.29 is 66.2 Å². The summed E-state index contributed by atoms with van der Waals surface area (Å²) in [5.41, 5.74) is -4.11. The topological polar surface area (TPSA) is 79.7 Å². The minimum Gasteiger partial charge on any atom is -0.540 e. The average Bonchev–Trinajstić information content (AvgIpc) is 2.81. The Balaban J connectivity index is 0.000000841. The molecule has 2 N–H and O–H groups in total. The van der Waals surface area contributed by atoms with Crippen molar-refractivity contribution >= 4 is 5.78 Å². The zero-order valence-electron chi connectivity index (χ0n) is 21.1. The van der Waals surface area contributed by atoms with Gasteiger partial charge in [-0.2, -0.15) is 26.3 Å². The summed E-state index contributed by atoms with van der Waals surface area (Å²) in [6.45, 7) is 3.63. The summed E-state index contributed by atoms with van der Waals surface area (Å²) in [5.74, 6) is -0.0358. The number of benzene rings is 2. The standard InChI is InChI=1S/C22H16F6NO2.C5H8O2.Ir/c1-12-7-17(21(23,24)25)20(18(8-12)22(26,27)28)16-10-14(31-2)3-4-15(16)19-9-13(11-30)5-6-29-19;1-4(6)3-5(2)7;/h3,5-10,30H,11H2,1-2H3;3,6H,1-2H3;/q-1;;/b;4-3-;. The molecule has 0 bridgehead atoms. The number of ether oxygens (including phenoxy) is 1. The number of allylic oxidation sites excluding steroid dienone is 2. The first kappa shape index (κ1) is 33.8. The van der Waals surface area contributed by atoms with Gasteiger partial charge in [0.25, 0.3) is 0 Å². The van der Waals surface area contributed by atoms with Gasteiger partial charge >= 0.3 is 12.4 Å². The number of ketones is 1. The van der Waals surface area contributed by atoms with E-state index < -0.39 is 29.0 Å². The van der Waals surface area contributed by atoms with Gasteiger partial charge in [-0.1, -0.05) is 17.7 Å². The van der Waals surface area contributed by atoms with Gasteiger partial charge in [-0.15, -0.1) is 17.7 Å². The van der Waals surface area contributed by atoms with E-state index in [-0.39, 0.29) is 66.4 Å². The molecule has 1 radical (unpaired) electrons. The number of nitrogens with zero attached hydrogens (tertiary/aromatic N) is 1. The Labute approximate surface area is 234 Å². The van der Waals surface area contributed by atoms with Crippen LogP contribution >= 0.6 is 0 Å². The number of methoxy groups -OCH3 is 1. The molecule has 3 aromatic rings. The quantitative estimate of drug-likeness (QED) is 0.127. The van der Waals surface area contributed by atoms with Crippen molar-refractivity contribution in [1.29, 1.82) is 0 Å². The number of rotatable bonds is 5. The summed E-state index contributed by atoms with van der Waals surface area (Å²) >= 11 is 0. The van der Waals surface area contributed by atoms with E-state index in [1.807, 2.05) is 0 Å². The van der Waals surface area contributed by atoms with Gasteiger partial charge in [0.15, 0.2) is 5.78 Å². The van der Waals surface area contributed by atoms with E-state index in [1.165, 1.54) is 58.4 Å². The third-order valence-electron chi connectivity index (χ3n) is 4.99. The maximum absolute atomic E-state index is 13.9. The second kappa shape index (κ2) is 13.7. The molecule has 3 rings (SSSR count). The van der Waals surface area contributed by atoms with Crippen LogP contribution in [0.25, 0.3) is 22.4 Å². The Morgan fingerprint density at radius 1 is 1.05 bits per heavy atom. The third-order valence-corrected chi connectivity index (χ3v) is 4.99. The number of alkyl halides is 6. The Kier molecular flexibility index (Phi) is 11.9. The van der Waals surface area contributed by atoms with E-state index in [4.69, 9.17) is 9.84 Å². The first-order valence-corrected chi connectivity index (χ1v) is 10.9. The van der Waals surface area contributed by atoms with E-state index in [0.29, 0.717) is 17.7 Å². The molecule has 0 fully saturated rings. The van der Waals surface area contributed by atoms with Crippen LogP contribution in [0.2, 0.25) is 0 Å². The largest absolute Gasteiger partial charge is 0.540 e. The Bertz CT molecular complexity index is 1300. The van der Waals surface area contributed by atoms with Gasteiger partial charge in [0.2, 0.25) is 0 Å². The summed E-state index contributed by atoms with van der Waals surface area (Å²) < 4.78 is 88.2. The van der Waals surface area contributed by atoms with Crippen molar-refractivity contribution in [2.45, 2.75) is 39.7 Å². The van der Waals surface area contributed by atoms with Crippen LogP contribution in [-0.4, -0.2) is 28.1 Å². The number of hydrogen-bond acceptors (Lipinski definition) is 5. The second-order valence-electron chi connectivity index (χ2n) is 8.16. The van der Waals surface area contributed by atoms with Crippen LogP contribution in [0.15, 0.2) is 54.4 Å². The third kappa shape index (κ3) is 9.19. The molecule has 0 atom stereocenters. The molecule has 5 nitrogen and oxygen atoms in total. The molecular formula is C27H24F6IrNO4-. The van der Waals surface area contributed by atoms with Gasteiger partial charge in [-0.25, -0.2) is 0 Å². The molecule has 0 unspecified atom stereocenters. The summed E-state index contributed by atoms with van der Waals surface area (Å²) in [6, 6.07) is 9.26. The van der Waals surface area contributed by atoms with E-state index in [9.17, 15) is 36.2 Å². The average molecular weight is 733 g/mol. The monoisotopic (exact) mass is 733 g/mol. The molecule has 12 heteroatoms. The van der Waals surface area contributed by atoms with E-state index >= 15 is 0 Å². The second-order valence-corrected chi connectivity index (χ2v) is 8.16. The number of halogens is 6. The van der Waals surface area contributed by atoms with E-state index in [2.05, 4.69) is 11.1 Å². The van der Waals surface area contributed by atoms with Crippen LogP contribution in [0.1, 0.15) is 36.1 Å². The van der Waals surface area contributed by atoms with Gasteiger partial charge in [0.05, 0.1) is 30.6 Å². The number of aliphatic hydroxyl groups excluding tert-OH is 2. The smallest absolute Gasteiger partial charge is 0.416 e. The first-order chi connectivity index (χ1) is 17.6. The molecule has 39 heavy (non-hydrogen) atoms. The number of pyridine rings is 1. The van der Waals surface area contributed by atoms with Crippen molar-refractivity contribution in [3.05, 3.63) is 82.8 Å². The number of hydrogen-bond donors (Lipinski definition) is 2. The molecule has 213 valence electrons. The fourth-order valence-corrected chi connectivity index (χ4v) is 3.53. The Morgan fingerprint density at radius 3 is 2.03 bits per heavy atom. The molecule has 1 heterocycles. The molecule has 0 saturated carbocycles. The first-order valence-electron chi connectivity index (χ1n) is 10.9. The van der Waals surface area contributed by atoms with Crippen LogP contribution in [0.3, 0.4) is 0 Å². The maximum Gasteiger partial charge on any atom is 0.416 e. The molecule has 0 aliphatic rings. The molecule has 0 spiro atoms. The predicted molar refractivity (Wildman–Crippen MR) is 128 cm³/mol. The van der Waals surface area contributed by atoms with Crippen LogP contribution in [-0.2, 0) is 43.9 Å². The normalized spacial score (nSPS) is 11.7. The van der Waals surface area contributed by atoms with Crippen molar-refractivity contribution in [2.24, 2.45) is 0 Å². The molecule has 2 aromatic carbocycles. The fourth-order valence-electron chi connectivity index (χ4n) is 3.53. The van der Waals surface area contributed by atoms with Crippen molar-refractivity contribution in [2.75, 3.05) is 7.11 Å². The van der Waals surface area contributed by atoms with Crippen molar-refractivity contribution in [3.63, 3.8) is 0 Å². The van der Waals surface area contributed by atoms with Gasteiger partial charge in [-0.3, -0.25) is 4.79 Å². The van der Waals surface area contributed by atoms with Crippen molar-refractivity contribution in [1.82, 2.24) is 4.98 Å². The van der Waals surface area contributed by atoms with Gasteiger partial charge in [0.1, 0.15) is 0 Å². The Hall–Kier alpha value is -3.21. The number of carbonyl (C=O) groups is 1. The number of aryl methyl sites for hydroxylation is 1. The molecule has 0 aliphatic carbocycles. The summed E-state index contributed by atoms with van der Waals surface area (Å²) in [5, 5.41) is 17.7. The van der Waals surface area contributed by atoms with Gasteiger partial charge < -0.3 is 19.9 Å². The molecule has 1 aromatic heterocycles. The van der Waals surface area contributed by atoms with Crippen LogP contribution in [0.5, 0.6) is 5.75 Å². The zero-order chi connectivity index (χ0) is 28.8.